The van der Waals surface area contributed by atoms with Gasteiger partial charge in [0.25, 0.3) is 0 Å². The Morgan fingerprint density at radius 1 is 0.750 bits per heavy atom. The Kier molecular flexibility index (Phi) is 7.46. The van der Waals surface area contributed by atoms with Crippen molar-refractivity contribution in [2.75, 3.05) is 19.6 Å². The second-order valence-corrected chi connectivity index (χ2v) is 11.7. The number of hydrogen-bond acceptors (Lipinski definition) is 2. The third-order valence-electron chi connectivity index (χ3n) is 8.16. The summed E-state index contributed by atoms with van der Waals surface area (Å²) in [6, 6.07) is 26.6. The SMILES string of the molecule is CC(C)(C)c1ccc(C(O)CCCN2CCC(=C3c4ccccc4CCc4ccccc43)CC2)cc1. The summed E-state index contributed by atoms with van der Waals surface area (Å²) in [4.78, 5) is 2.59. The molecule has 0 spiro atoms. The minimum absolute atomic E-state index is 0.146. The highest BCUT2D eigenvalue weighted by atomic mass is 16.3. The summed E-state index contributed by atoms with van der Waals surface area (Å²) in [6.45, 7) is 9.97. The Morgan fingerprint density at radius 2 is 1.31 bits per heavy atom. The molecule has 1 fully saturated rings. The fourth-order valence-electron chi connectivity index (χ4n) is 5.94. The monoisotopic (exact) mass is 479 g/mol. The van der Waals surface area contributed by atoms with Crippen LogP contribution in [0.15, 0.2) is 78.4 Å². The molecular weight excluding hydrogens is 438 g/mol. The van der Waals surface area contributed by atoms with Gasteiger partial charge < -0.3 is 10.0 Å². The summed E-state index contributed by atoms with van der Waals surface area (Å²) in [6.07, 6.45) is 5.98. The van der Waals surface area contributed by atoms with Gasteiger partial charge in [-0.25, -0.2) is 0 Å². The van der Waals surface area contributed by atoms with E-state index in [1.165, 1.54) is 33.4 Å². The first-order chi connectivity index (χ1) is 17.4. The van der Waals surface area contributed by atoms with Crippen LogP contribution in [0.25, 0.3) is 5.57 Å². The van der Waals surface area contributed by atoms with Crippen molar-refractivity contribution in [3.63, 3.8) is 0 Å². The molecular formula is C34H41NO. The first kappa shape index (κ1) is 25.0. The number of aryl methyl sites for hydroxylation is 2. The predicted molar refractivity (Wildman–Crippen MR) is 151 cm³/mol. The van der Waals surface area contributed by atoms with Crippen LogP contribution in [0.3, 0.4) is 0 Å². The predicted octanol–water partition coefficient (Wildman–Crippen LogP) is 7.49. The van der Waals surface area contributed by atoms with Gasteiger partial charge in [0.05, 0.1) is 6.10 Å². The zero-order valence-corrected chi connectivity index (χ0v) is 22.3. The number of hydrogen-bond donors (Lipinski definition) is 1. The van der Waals surface area contributed by atoms with Crippen LogP contribution in [-0.4, -0.2) is 29.6 Å². The largest absolute Gasteiger partial charge is 0.388 e. The van der Waals surface area contributed by atoms with E-state index < -0.39 is 0 Å². The van der Waals surface area contributed by atoms with Crippen LogP contribution in [0, 0.1) is 0 Å². The molecule has 0 radical (unpaired) electrons. The van der Waals surface area contributed by atoms with Gasteiger partial charge >= 0.3 is 0 Å². The molecule has 0 bridgehead atoms. The van der Waals surface area contributed by atoms with Crippen LogP contribution in [0.2, 0.25) is 0 Å². The molecule has 2 nitrogen and oxygen atoms in total. The summed E-state index contributed by atoms with van der Waals surface area (Å²) in [5.41, 5.74) is 11.5. The van der Waals surface area contributed by atoms with Crippen LogP contribution in [0.4, 0.5) is 0 Å². The third kappa shape index (κ3) is 5.51. The second kappa shape index (κ2) is 10.7. The molecule has 0 saturated carbocycles. The van der Waals surface area contributed by atoms with E-state index >= 15 is 0 Å². The maximum atomic E-state index is 10.7. The zero-order chi connectivity index (χ0) is 25.1. The number of likely N-dealkylation sites (tertiary alicyclic amines) is 1. The minimum atomic E-state index is -0.375. The summed E-state index contributed by atoms with van der Waals surface area (Å²) in [5.74, 6) is 0. The molecule has 1 saturated heterocycles. The number of fused-ring (bicyclic) bond motifs is 2. The molecule has 0 aromatic heterocycles. The molecule has 3 aromatic carbocycles. The summed E-state index contributed by atoms with van der Waals surface area (Å²) >= 11 is 0. The summed E-state index contributed by atoms with van der Waals surface area (Å²) in [5, 5.41) is 10.7. The van der Waals surface area contributed by atoms with Crippen molar-refractivity contribution in [3.8, 4) is 0 Å². The second-order valence-electron chi connectivity index (χ2n) is 11.7. The number of aliphatic hydroxyl groups excluding tert-OH is 1. The van der Waals surface area contributed by atoms with E-state index in [0.29, 0.717) is 0 Å². The number of aliphatic hydroxyl groups is 1. The fraction of sp³-hybridized carbons (Fsp3) is 0.412. The molecule has 2 aliphatic rings. The topological polar surface area (TPSA) is 23.5 Å². The molecule has 1 unspecified atom stereocenters. The Balaban J connectivity index is 1.22. The third-order valence-corrected chi connectivity index (χ3v) is 8.16. The first-order valence-corrected chi connectivity index (χ1v) is 13.8. The first-order valence-electron chi connectivity index (χ1n) is 13.8. The van der Waals surface area contributed by atoms with Crippen LogP contribution >= 0.6 is 0 Å². The molecule has 1 N–H and O–H groups in total. The van der Waals surface area contributed by atoms with Gasteiger partial charge in [0, 0.05) is 13.1 Å². The smallest absolute Gasteiger partial charge is 0.0790 e. The summed E-state index contributed by atoms with van der Waals surface area (Å²) in [7, 11) is 0. The standard InChI is InChI=1S/C34H41NO/c1-34(2,3)29-18-16-27(17-19-29)32(36)13-8-22-35-23-20-28(21-24-35)33-30-11-6-4-9-25(30)14-15-26-10-5-7-12-31(26)33/h4-7,9-12,16-19,32,36H,8,13-15,20-24H2,1-3H3. The zero-order valence-electron chi connectivity index (χ0n) is 22.3. The molecule has 2 heteroatoms. The van der Waals surface area contributed by atoms with Crippen LogP contribution in [0.5, 0.6) is 0 Å². The lowest BCUT2D eigenvalue weighted by atomic mass is 9.86. The molecule has 1 atom stereocenters. The average Bonchev–Trinajstić information content (AvgIpc) is 3.06. The Labute approximate surface area is 217 Å². The van der Waals surface area contributed by atoms with E-state index in [1.807, 2.05) is 0 Å². The van der Waals surface area contributed by atoms with Gasteiger partial charge in [0.15, 0.2) is 0 Å². The quantitative estimate of drug-likeness (QED) is 0.410. The van der Waals surface area contributed by atoms with Gasteiger partial charge in [0.2, 0.25) is 0 Å². The molecule has 1 heterocycles. The Bertz CT molecular complexity index is 1150. The molecule has 188 valence electrons. The maximum absolute atomic E-state index is 10.7. The van der Waals surface area contributed by atoms with Crippen molar-refractivity contribution < 1.29 is 5.11 Å². The van der Waals surface area contributed by atoms with E-state index in [-0.39, 0.29) is 11.5 Å². The highest BCUT2D eigenvalue weighted by molar-refractivity contribution is 5.86. The normalized spacial score (nSPS) is 17.3. The average molecular weight is 480 g/mol. The fourth-order valence-corrected chi connectivity index (χ4v) is 5.94. The van der Waals surface area contributed by atoms with Crippen molar-refractivity contribution >= 4 is 5.57 Å². The number of nitrogens with zero attached hydrogens (tertiary/aromatic N) is 1. The molecule has 0 amide bonds. The van der Waals surface area contributed by atoms with E-state index in [0.717, 1.165) is 63.7 Å². The van der Waals surface area contributed by atoms with Crippen LogP contribution < -0.4 is 0 Å². The lowest BCUT2D eigenvalue weighted by Crippen LogP contribution is -2.32. The number of piperidine rings is 1. The van der Waals surface area contributed by atoms with E-state index in [4.69, 9.17) is 0 Å². The van der Waals surface area contributed by atoms with Crippen molar-refractivity contribution in [3.05, 3.63) is 112 Å². The molecule has 1 aliphatic heterocycles. The van der Waals surface area contributed by atoms with Gasteiger partial charge in [-0.3, -0.25) is 0 Å². The molecule has 5 rings (SSSR count). The lowest BCUT2D eigenvalue weighted by Gasteiger charge is -2.30. The van der Waals surface area contributed by atoms with Crippen LogP contribution in [0.1, 0.15) is 85.9 Å². The number of benzene rings is 3. The Hall–Kier alpha value is -2.68. The Morgan fingerprint density at radius 3 is 1.86 bits per heavy atom. The number of rotatable bonds is 5. The highest BCUT2D eigenvalue weighted by Gasteiger charge is 2.24. The van der Waals surface area contributed by atoms with E-state index in [1.54, 1.807) is 5.57 Å². The van der Waals surface area contributed by atoms with Crippen molar-refractivity contribution in [2.24, 2.45) is 0 Å². The lowest BCUT2D eigenvalue weighted by molar-refractivity contribution is 0.153. The van der Waals surface area contributed by atoms with E-state index in [2.05, 4.69) is 98.5 Å². The minimum Gasteiger partial charge on any atom is -0.388 e. The molecule has 3 aromatic rings. The van der Waals surface area contributed by atoms with Gasteiger partial charge in [-0.15, -0.1) is 0 Å². The summed E-state index contributed by atoms with van der Waals surface area (Å²) < 4.78 is 0. The van der Waals surface area contributed by atoms with Gasteiger partial charge in [-0.1, -0.05) is 99.1 Å². The van der Waals surface area contributed by atoms with Crippen molar-refractivity contribution in [1.29, 1.82) is 0 Å². The van der Waals surface area contributed by atoms with E-state index in [9.17, 15) is 5.11 Å². The molecule has 1 aliphatic carbocycles. The van der Waals surface area contributed by atoms with Gasteiger partial charge in [0.1, 0.15) is 0 Å². The van der Waals surface area contributed by atoms with Gasteiger partial charge in [-0.2, -0.15) is 0 Å². The van der Waals surface area contributed by atoms with Crippen LogP contribution in [-0.2, 0) is 18.3 Å². The molecule has 36 heavy (non-hydrogen) atoms. The van der Waals surface area contributed by atoms with Gasteiger partial charge in [-0.05, 0) is 89.4 Å². The highest BCUT2D eigenvalue weighted by Crippen LogP contribution is 2.38. The maximum Gasteiger partial charge on any atom is 0.0790 e. The van der Waals surface area contributed by atoms with Crippen molar-refractivity contribution in [1.82, 2.24) is 4.90 Å². The van der Waals surface area contributed by atoms with Crippen molar-refractivity contribution in [2.45, 2.75) is 70.8 Å².